The fraction of sp³-hybridized carbons (Fsp3) is 0.600. The molecule has 1 fully saturated rings. The summed E-state index contributed by atoms with van der Waals surface area (Å²) < 4.78 is 0. The van der Waals surface area contributed by atoms with Crippen molar-refractivity contribution >= 4 is 11.6 Å². The van der Waals surface area contributed by atoms with E-state index in [2.05, 4.69) is 38.2 Å². The fourth-order valence-electron chi connectivity index (χ4n) is 2.85. The molecule has 2 rings (SSSR count). The predicted molar refractivity (Wildman–Crippen MR) is 74.4 cm³/mol. The maximum atomic E-state index is 6.22. The summed E-state index contributed by atoms with van der Waals surface area (Å²) in [6.45, 7) is 6.91. The lowest BCUT2D eigenvalue weighted by Crippen LogP contribution is -2.30. The third-order valence-corrected chi connectivity index (χ3v) is 4.17. The van der Waals surface area contributed by atoms with Gasteiger partial charge in [-0.05, 0) is 43.2 Å². The molecule has 0 spiro atoms. The molecule has 1 aromatic rings. The van der Waals surface area contributed by atoms with Crippen LogP contribution in [0.15, 0.2) is 24.3 Å². The third kappa shape index (κ3) is 3.23. The van der Waals surface area contributed by atoms with E-state index in [4.69, 9.17) is 11.6 Å². The van der Waals surface area contributed by atoms with Crippen LogP contribution in [0.5, 0.6) is 0 Å². The second-order valence-electron chi connectivity index (χ2n) is 6.01. The van der Waals surface area contributed by atoms with Gasteiger partial charge in [-0.2, -0.15) is 0 Å². The van der Waals surface area contributed by atoms with Gasteiger partial charge in [-0.25, -0.2) is 0 Å². The summed E-state index contributed by atoms with van der Waals surface area (Å²) in [6.07, 6.45) is 3.86. The van der Waals surface area contributed by atoms with Gasteiger partial charge in [-0.3, -0.25) is 0 Å². The molecule has 0 radical (unpaired) electrons. The van der Waals surface area contributed by atoms with Crippen LogP contribution in [0, 0.1) is 5.41 Å². The lowest BCUT2D eigenvalue weighted by Gasteiger charge is -2.22. The molecule has 0 aliphatic heterocycles. The van der Waals surface area contributed by atoms with E-state index in [0.717, 1.165) is 5.02 Å². The highest BCUT2D eigenvalue weighted by atomic mass is 35.5. The molecule has 0 saturated heterocycles. The van der Waals surface area contributed by atoms with Gasteiger partial charge >= 0.3 is 0 Å². The maximum absolute atomic E-state index is 6.22. The van der Waals surface area contributed by atoms with Crippen molar-refractivity contribution in [3.63, 3.8) is 0 Å². The van der Waals surface area contributed by atoms with Crippen molar-refractivity contribution in [2.24, 2.45) is 5.41 Å². The van der Waals surface area contributed by atoms with E-state index in [1.54, 1.807) is 0 Å². The van der Waals surface area contributed by atoms with Gasteiger partial charge in [0.15, 0.2) is 0 Å². The molecule has 2 heteroatoms. The first kappa shape index (κ1) is 12.9. The first-order valence-electron chi connectivity index (χ1n) is 6.48. The van der Waals surface area contributed by atoms with Gasteiger partial charge in [0.1, 0.15) is 0 Å². The first-order valence-corrected chi connectivity index (χ1v) is 6.86. The Hall–Kier alpha value is -0.530. The van der Waals surface area contributed by atoms with Crippen molar-refractivity contribution in [1.29, 1.82) is 0 Å². The summed E-state index contributed by atoms with van der Waals surface area (Å²) in [6, 6.07) is 9.09. The third-order valence-electron chi connectivity index (χ3n) is 3.83. The van der Waals surface area contributed by atoms with E-state index in [1.165, 1.54) is 24.8 Å². The Morgan fingerprint density at radius 2 is 2.06 bits per heavy atom. The van der Waals surface area contributed by atoms with Crippen LogP contribution in [-0.4, -0.2) is 6.04 Å². The van der Waals surface area contributed by atoms with Gasteiger partial charge in [-0.1, -0.05) is 43.6 Å². The summed E-state index contributed by atoms with van der Waals surface area (Å²) in [4.78, 5) is 0. The molecule has 0 heterocycles. The Kier molecular flexibility index (Phi) is 3.79. The summed E-state index contributed by atoms with van der Waals surface area (Å²) >= 11 is 6.22. The van der Waals surface area contributed by atoms with E-state index < -0.39 is 0 Å². The lowest BCUT2D eigenvalue weighted by atomic mass is 9.91. The highest BCUT2D eigenvalue weighted by Crippen LogP contribution is 2.38. The number of hydrogen-bond donors (Lipinski definition) is 1. The molecule has 0 bridgehead atoms. The van der Waals surface area contributed by atoms with Crippen molar-refractivity contribution in [1.82, 2.24) is 5.32 Å². The van der Waals surface area contributed by atoms with E-state index >= 15 is 0 Å². The van der Waals surface area contributed by atoms with E-state index in [1.807, 2.05) is 12.1 Å². The van der Waals surface area contributed by atoms with Crippen LogP contribution in [0.4, 0.5) is 0 Å². The molecule has 1 nitrogen and oxygen atoms in total. The van der Waals surface area contributed by atoms with Gasteiger partial charge in [0, 0.05) is 17.1 Å². The highest BCUT2D eigenvalue weighted by Gasteiger charge is 2.31. The van der Waals surface area contributed by atoms with Crippen molar-refractivity contribution < 1.29 is 0 Å². The summed E-state index contributed by atoms with van der Waals surface area (Å²) in [7, 11) is 0. The molecule has 1 aromatic carbocycles. The standard InChI is InChI=1S/C15H22ClN/c1-11(13-6-4-5-7-14(13)16)17-12-8-9-15(2,3)10-12/h4-7,11-12,17H,8-10H2,1-3H3/t11-,12?/m1/s1. The summed E-state index contributed by atoms with van der Waals surface area (Å²) in [5.74, 6) is 0. The molecule has 1 unspecified atom stereocenters. The molecular formula is C15H22ClN. The number of halogens is 1. The average Bonchev–Trinajstić information content (AvgIpc) is 2.58. The Morgan fingerprint density at radius 1 is 1.35 bits per heavy atom. The number of hydrogen-bond acceptors (Lipinski definition) is 1. The van der Waals surface area contributed by atoms with Crippen LogP contribution in [0.1, 0.15) is 51.6 Å². The molecule has 2 atom stereocenters. The van der Waals surface area contributed by atoms with Crippen LogP contribution in [0.2, 0.25) is 5.02 Å². The Labute approximate surface area is 110 Å². The van der Waals surface area contributed by atoms with E-state index in [-0.39, 0.29) is 0 Å². The molecular weight excluding hydrogens is 230 g/mol. The summed E-state index contributed by atoms with van der Waals surface area (Å²) in [5, 5.41) is 4.57. The normalized spacial score (nSPS) is 24.8. The molecule has 94 valence electrons. The number of nitrogens with one attached hydrogen (secondary N) is 1. The molecule has 17 heavy (non-hydrogen) atoms. The van der Waals surface area contributed by atoms with Crippen LogP contribution < -0.4 is 5.32 Å². The number of rotatable bonds is 3. The molecule has 1 aliphatic carbocycles. The predicted octanol–water partition coefficient (Wildman–Crippen LogP) is 4.57. The van der Waals surface area contributed by atoms with Gasteiger partial charge in [0.2, 0.25) is 0 Å². The molecule has 1 N–H and O–H groups in total. The van der Waals surface area contributed by atoms with E-state index in [0.29, 0.717) is 17.5 Å². The van der Waals surface area contributed by atoms with Crippen molar-refractivity contribution in [3.05, 3.63) is 34.9 Å². The molecule has 0 amide bonds. The van der Waals surface area contributed by atoms with Crippen molar-refractivity contribution in [3.8, 4) is 0 Å². The van der Waals surface area contributed by atoms with Gasteiger partial charge in [-0.15, -0.1) is 0 Å². The zero-order chi connectivity index (χ0) is 12.5. The summed E-state index contributed by atoms with van der Waals surface area (Å²) in [5.41, 5.74) is 1.71. The molecule has 1 aliphatic rings. The zero-order valence-corrected chi connectivity index (χ0v) is 11.7. The monoisotopic (exact) mass is 251 g/mol. The largest absolute Gasteiger partial charge is 0.307 e. The topological polar surface area (TPSA) is 12.0 Å². The SMILES string of the molecule is C[C@@H](NC1CCC(C)(C)C1)c1ccccc1Cl. The van der Waals surface area contributed by atoms with Crippen LogP contribution in [-0.2, 0) is 0 Å². The minimum Gasteiger partial charge on any atom is -0.307 e. The average molecular weight is 252 g/mol. The smallest absolute Gasteiger partial charge is 0.0453 e. The highest BCUT2D eigenvalue weighted by molar-refractivity contribution is 6.31. The van der Waals surface area contributed by atoms with Crippen molar-refractivity contribution in [2.75, 3.05) is 0 Å². The quantitative estimate of drug-likeness (QED) is 0.830. The van der Waals surface area contributed by atoms with Gasteiger partial charge < -0.3 is 5.32 Å². The minimum absolute atomic E-state index is 0.336. The fourth-order valence-corrected chi connectivity index (χ4v) is 3.15. The second-order valence-corrected chi connectivity index (χ2v) is 6.42. The molecule has 1 saturated carbocycles. The Bertz CT molecular complexity index is 386. The zero-order valence-electron chi connectivity index (χ0n) is 11.0. The first-order chi connectivity index (χ1) is 7.98. The number of benzene rings is 1. The van der Waals surface area contributed by atoms with E-state index in [9.17, 15) is 0 Å². The Morgan fingerprint density at radius 3 is 2.65 bits per heavy atom. The van der Waals surface area contributed by atoms with Crippen LogP contribution in [0.3, 0.4) is 0 Å². The Balaban J connectivity index is 1.99. The van der Waals surface area contributed by atoms with Crippen LogP contribution in [0.25, 0.3) is 0 Å². The molecule has 0 aromatic heterocycles. The van der Waals surface area contributed by atoms with Crippen molar-refractivity contribution in [2.45, 2.75) is 52.1 Å². The van der Waals surface area contributed by atoms with Gasteiger partial charge in [0.05, 0.1) is 0 Å². The van der Waals surface area contributed by atoms with Gasteiger partial charge in [0.25, 0.3) is 0 Å². The minimum atomic E-state index is 0.336. The lowest BCUT2D eigenvalue weighted by molar-refractivity contribution is 0.356. The maximum Gasteiger partial charge on any atom is 0.0453 e. The van der Waals surface area contributed by atoms with Crippen LogP contribution >= 0.6 is 11.6 Å². The second kappa shape index (κ2) is 4.99.